The van der Waals surface area contributed by atoms with Crippen LogP contribution in [0.2, 0.25) is 0 Å². The van der Waals surface area contributed by atoms with E-state index in [0.29, 0.717) is 19.1 Å². The smallest absolute Gasteiger partial charge is 0.329 e. The lowest BCUT2D eigenvalue weighted by Gasteiger charge is -2.31. The summed E-state index contributed by atoms with van der Waals surface area (Å²) in [6.07, 6.45) is 4.51. The number of methoxy groups -OCH3 is 1. The fraction of sp³-hybridized carbons (Fsp3) is 0.846. The highest BCUT2D eigenvalue weighted by atomic mass is 16.5. The number of aliphatic hydroxyl groups is 1. The minimum Gasteiger partial charge on any atom is -0.467 e. The number of carbonyl (C=O) groups is 2. The van der Waals surface area contributed by atoms with Crippen molar-refractivity contribution in [2.75, 3.05) is 26.8 Å². The van der Waals surface area contributed by atoms with Crippen LogP contribution in [0, 0.1) is 0 Å². The fourth-order valence-electron chi connectivity index (χ4n) is 2.62. The van der Waals surface area contributed by atoms with Crippen molar-refractivity contribution >= 4 is 11.9 Å². The number of nitrogens with one attached hydrogen (secondary N) is 1. The maximum absolute atomic E-state index is 11.7. The van der Waals surface area contributed by atoms with Crippen LogP contribution in [0.15, 0.2) is 0 Å². The Morgan fingerprint density at radius 1 is 1.42 bits per heavy atom. The Hall–Kier alpha value is -1.14. The van der Waals surface area contributed by atoms with Gasteiger partial charge in [0, 0.05) is 26.1 Å². The average molecular weight is 272 g/mol. The molecule has 6 heteroatoms. The molecule has 1 aliphatic carbocycles. The van der Waals surface area contributed by atoms with Crippen molar-refractivity contribution < 1.29 is 19.4 Å². The predicted octanol–water partition coefficient (Wildman–Crippen LogP) is -0.0990. The number of ether oxygens (including phenoxy) is 1. The molecule has 110 valence electrons. The molecule has 1 fully saturated rings. The summed E-state index contributed by atoms with van der Waals surface area (Å²) >= 11 is 0. The number of amides is 1. The van der Waals surface area contributed by atoms with Crippen LogP contribution >= 0.6 is 0 Å². The monoisotopic (exact) mass is 272 g/mol. The second-order valence-electron chi connectivity index (χ2n) is 4.93. The zero-order valence-corrected chi connectivity index (χ0v) is 11.7. The van der Waals surface area contributed by atoms with Crippen LogP contribution in [0.1, 0.15) is 32.6 Å². The van der Waals surface area contributed by atoms with Crippen molar-refractivity contribution in [3.05, 3.63) is 0 Å². The van der Waals surface area contributed by atoms with E-state index in [1.807, 2.05) is 0 Å². The van der Waals surface area contributed by atoms with Gasteiger partial charge in [-0.15, -0.1) is 0 Å². The topological polar surface area (TPSA) is 78.9 Å². The number of hydrogen-bond acceptors (Lipinski definition) is 5. The van der Waals surface area contributed by atoms with E-state index >= 15 is 0 Å². The third kappa shape index (κ3) is 5.16. The quantitative estimate of drug-likeness (QED) is 0.633. The molecule has 2 N–H and O–H groups in total. The van der Waals surface area contributed by atoms with Crippen molar-refractivity contribution in [3.63, 3.8) is 0 Å². The van der Waals surface area contributed by atoms with Crippen LogP contribution in [-0.4, -0.2) is 60.8 Å². The van der Waals surface area contributed by atoms with Gasteiger partial charge < -0.3 is 15.2 Å². The summed E-state index contributed by atoms with van der Waals surface area (Å²) in [5.74, 6) is -0.707. The largest absolute Gasteiger partial charge is 0.467 e. The molecule has 0 saturated heterocycles. The van der Waals surface area contributed by atoms with E-state index in [0.717, 1.165) is 12.8 Å². The molecule has 1 atom stereocenters. The molecule has 1 unspecified atom stereocenters. The molecule has 1 amide bonds. The van der Waals surface area contributed by atoms with Crippen molar-refractivity contribution in [2.24, 2.45) is 0 Å². The predicted molar refractivity (Wildman–Crippen MR) is 70.5 cm³/mol. The van der Waals surface area contributed by atoms with Crippen molar-refractivity contribution in [1.29, 1.82) is 0 Å². The van der Waals surface area contributed by atoms with Gasteiger partial charge in [0.15, 0.2) is 0 Å². The summed E-state index contributed by atoms with van der Waals surface area (Å²) in [5.41, 5.74) is 0. The molecule has 1 rings (SSSR count). The first-order valence-corrected chi connectivity index (χ1v) is 6.78. The SMILES string of the molecule is COC(=O)C(CN(CCO)C1CCCC1)NC(C)=O. The fourth-order valence-corrected chi connectivity index (χ4v) is 2.62. The van der Waals surface area contributed by atoms with Gasteiger partial charge in [-0.2, -0.15) is 0 Å². The van der Waals surface area contributed by atoms with E-state index in [9.17, 15) is 9.59 Å². The number of carbonyl (C=O) groups excluding carboxylic acids is 2. The Balaban J connectivity index is 2.65. The maximum Gasteiger partial charge on any atom is 0.329 e. The Bertz CT molecular complexity index is 303. The highest BCUT2D eigenvalue weighted by Crippen LogP contribution is 2.23. The Morgan fingerprint density at radius 3 is 2.53 bits per heavy atom. The zero-order chi connectivity index (χ0) is 14.3. The molecule has 0 aromatic rings. The first kappa shape index (κ1) is 15.9. The van der Waals surface area contributed by atoms with E-state index in [4.69, 9.17) is 9.84 Å². The second kappa shape index (κ2) is 8.12. The van der Waals surface area contributed by atoms with Gasteiger partial charge >= 0.3 is 5.97 Å². The summed E-state index contributed by atoms with van der Waals surface area (Å²) in [6.45, 7) is 2.32. The van der Waals surface area contributed by atoms with Gasteiger partial charge in [0.1, 0.15) is 6.04 Å². The minimum atomic E-state index is -0.672. The molecule has 6 nitrogen and oxygen atoms in total. The first-order chi connectivity index (χ1) is 9.08. The van der Waals surface area contributed by atoms with Gasteiger partial charge in [-0.05, 0) is 12.8 Å². The van der Waals surface area contributed by atoms with Crippen LogP contribution in [0.3, 0.4) is 0 Å². The molecule has 0 heterocycles. The highest BCUT2D eigenvalue weighted by Gasteiger charge is 2.28. The maximum atomic E-state index is 11.7. The third-order valence-corrected chi connectivity index (χ3v) is 3.51. The van der Waals surface area contributed by atoms with Gasteiger partial charge in [-0.1, -0.05) is 12.8 Å². The Labute approximate surface area is 114 Å². The lowest BCUT2D eigenvalue weighted by molar-refractivity contribution is -0.145. The number of esters is 1. The van der Waals surface area contributed by atoms with Crippen molar-refractivity contribution in [3.8, 4) is 0 Å². The van der Waals surface area contributed by atoms with Gasteiger partial charge in [0.05, 0.1) is 13.7 Å². The summed E-state index contributed by atoms with van der Waals surface area (Å²) in [7, 11) is 1.31. The first-order valence-electron chi connectivity index (χ1n) is 6.78. The van der Waals surface area contributed by atoms with Crippen molar-refractivity contribution in [2.45, 2.75) is 44.7 Å². The molecule has 19 heavy (non-hydrogen) atoms. The van der Waals surface area contributed by atoms with Gasteiger partial charge in [-0.3, -0.25) is 9.69 Å². The van der Waals surface area contributed by atoms with Crippen LogP contribution in [0.4, 0.5) is 0 Å². The van der Waals surface area contributed by atoms with Crippen LogP contribution in [0.25, 0.3) is 0 Å². The van der Waals surface area contributed by atoms with Crippen molar-refractivity contribution in [1.82, 2.24) is 10.2 Å². The lowest BCUT2D eigenvalue weighted by atomic mass is 10.1. The highest BCUT2D eigenvalue weighted by molar-refractivity contribution is 5.83. The normalized spacial score (nSPS) is 17.5. The molecule has 0 aromatic heterocycles. The van der Waals surface area contributed by atoms with E-state index < -0.39 is 12.0 Å². The minimum absolute atomic E-state index is 0.0461. The number of aliphatic hydroxyl groups excluding tert-OH is 1. The number of hydrogen-bond donors (Lipinski definition) is 2. The molecule has 0 aliphatic heterocycles. The summed E-state index contributed by atoms with van der Waals surface area (Å²) < 4.78 is 4.71. The second-order valence-corrected chi connectivity index (χ2v) is 4.93. The number of nitrogens with zero attached hydrogens (tertiary/aromatic N) is 1. The molecule has 0 spiro atoms. The van der Waals surface area contributed by atoms with E-state index in [-0.39, 0.29) is 12.5 Å². The van der Waals surface area contributed by atoms with E-state index in [1.54, 1.807) is 0 Å². The average Bonchev–Trinajstić information content (AvgIpc) is 2.89. The Morgan fingerprint density at radius 2 is 2.05 bits per heavy atom. The van der Waals surface area contributed by atoms with Crippen LogP contribution in [-0.2, 0) is 14.3 Å². The molecule has 1 saturated carbocycles. The number of rotatable bonds is 7. The molecular formula is C13H24N2O4. The summed E-state index contributed by atoms with van der Waals surface area (Å²) in [4.78, 5) is 24.9. The molecule has 0 bridgehead atoms. The van der Waals surface area contributed by atoms with Crippen LogP contribution < -0.4 is 5.32 Å². The summed E-state index contributed by atoms with van der Waals surface area (Å²) in [6, 6.07) is -0.289. The zero-order valence-electron chi connectivity index (χ0n) is 11.7. The Kier molecular flexibility index (Phi) is 6.80. The van der Waals surface area contributed by atoms with E-state index in [2.05, 4.69) is 10.2 Å². The van der Waals surface area contributed by atoms with Crippen LogP contribution in [0.5, 0.6) is 0 Å². The van der Waals surface area contributed by atoms with Gasteiger partial charge in [-0.25, -0.2) is 4.79 Å². The molecular weight excluding hydrogens is 248 g/mol. The van der Waals surface area contributed by atoms with Gasteiger partial charge in [0.2, 0.25) is 5.91 Å². The molecule has 0 radical (unpaired) electrons. The van der Waals surface area contributed by atoms with E-state index in [1.165, 1.54) is 26.9 Å². The molecule has 1 aliphatic rings. The summed E-state index contributed by atoms with van der Waals surface area (Å²) in [5, 5.41) is 11.7. The van der Waals surface area contributed by atoms with Gasteiger partial charge in [0.25, 0.3) is 0 Å². The lowest BCUT2D eigenvalue weighted by Crippen LogP contribution is -2.51. The third-order valence-electron chi connectivity index (χ3n) is 3.51. The standard InChI is InChI=1S/C13H24N2O4/c1-10(17)14-12(13(18)19-2)9-15(7-8-16)11-5-3-4-6-11/h11-12,16H,3-9H2,1-2H3,(H,14,17). The molecule has 0 aromatic carbocycles.